The van der Waals surface area contributed by atoms with Crippen molar-refractivity contribution in [3.63, 3.8) is 0 Å². The molecule has 7 nitrogen and oxygen atoms in total. The molecule has 9 heteroatoms. The topological polar surface area (TPSA) is 81.9 Å². The summed E-state index contributed by atoms with van der Waals surface area (Å²) in [5.41, 5.74) is 7.80. The molecule has 1 fully saturated rings. The second-order valence-electron chi connectivity index (χ2n) is 9.23. The van der Waals surface area contributed by atoms with Crippen LogP contribution in [0.25, 0.3) is 0 Å². The van der Waals surface area contributed by atoms with Crippen LogP contribution in [0.2, 0.25) is 0 Å². The molecule has 1 aliphatic carbocycles. The fraction of sp³-hybridized carbons (Fsp3) is 0.462. The third kappa shape index (κ3) is 7.04. The van der Waals surface area contributed by atoms with Gasteiger partial charge in [0, 0.05) is 45.2 Å². The van der Waals surface area contributed by atoms with Crippen LogP contribution in [0.3, 0.4) is 0 Å². The molecule has 35 heavy (non-hydrogen) atoms. The van der Waals surface area contributed by atoms with Crippen LogP contribution in [0.4, 0.5) is 14.9 Å². The molecule has 1 saturated carbocycles. The Morgan fingerprint density at radius 1 is 1.34 bits per heavy atom. The van der Waals surface area contributed by atoms with Crippen molar-refractivity contribution >= 4 is 29.4 Å². The van der Waals surface area contributed by atoms with Crippen molar-refractivity contribution in [3.8, 4) is 0 Å². The first-order valence-corrected chi connectivity index (χ1v) is 12.7. The van der Waals surface area contributed by atoms with Gasteiger partial charge in [-0.05, 0) is 74.1 Å². The van der Waals surface area contributed by atoms with E-state index in [2.05, 4.69) is 5.32 Å². The molecule has 0 saturated heterocycles. The zero-order valence-corrected chi connectivity index (χ0v) is 21.9. The quantitative estimate of drug-likeness (QED) is 0.480. The molecule has 2 aliphatic rings. The Kier molecular flexibility index (Phi) is 8.88. The monoisotopic (exact) mass is 501 g/mol. The highest BCUT2D eigenvalue weighted by molar-refractivity contribution is 8.03. The van der Waals surface area contributed by atoms with Gasteiger partial charge in [-0.1, -0.05) is 23.9 Å². The zero-order chi connectivity index (χ0) is 25.7. The number of anilines is 1. The van der Waals surface area contributed by atoms with Gasteiger partial charge < -0.3 is 16.0 Å². The maximum atomic E-state index is 14.6. The summed E-state index contributed by atoms with van der Waals surface area (Å²) in [6.45, 7) is 3.41. The summed E-state index contributed by atoms with van der Waals surface area (Å²) >= 11 is 1.60. The Bertz CT molecular complexity index is 1040. The average molecular weight is 502 g/mol. The molecule has 1 aromatic rings. The molecule has 3 amide bonds. The highest BCUT2D eigenvalue weighted by Gasteiger charge is 2.32. The van der Waals surface area contributed by atoms with Crippen LogP contribution in [0.5, 0.6) is 0 Å². The van der Waals surface area contributed by atoms with Crippen molar-refractivity contribution in [2.45, 2.75) is 57.0 Å². The number of allylic oxidation sites excluding steroid dienone is 3. The molecule has 1 heterocycles. The van der Waals surface area contributed by atoms with Crippen molar-refractivity contribution in [2.24, 2.45) is 5.73 Å². The van der Waals surface area contributed by atoms with Gasteiger partial charge in [0.1, 0.15) is 5.82 Å². The van der Waals surface area contributed by atoms with Gasteiger partial charge in [0.15, 0.2) is 5.50 Å². The third-order valence-electron chi connectivity index (χ3n) is 6.12. The van der Waals surface area contributed by atoms with Crippen molar-refractivity contribution in [1.82, 2.24) is 15.1 Å². The van der Waals surface area contributed by atoms with Crippen LogP contribution in [0.1, 0.15) is 51.0 Å². The van der Waals surface area contributed by atoms with Crippen LogP contribution >= 0.6 is 11.8 Å². The maximum absolute atomic E-state index is 14.6. The lowest BCUT2D eigenvalue weighted by atomic mass is 10.1. The van der Waals surface area contributed by atoms with Gasteiger partial charge >= 0.3 is 6.03 Å². The lowest BCUT2D eigenvalue weighted by molar-refractivity contribution is -0.119. The maximum Gasteiger partial charge on any atom is 0.326 e. The zero-order valence-electron chi connectivity index (χ0n) is 21.1. The van der Waals surface area contributed by atoms with Crippen molar-refractivity contribution in [2.75, 3.05) is 26.0 Å². The minimum atomic E-state index is -0.398. The molecule has 0 spiro atoms. The summed E-state index contributed by atoms with van der Waals surface area (Å²) in [5, 5.41) is 2.85. The standard InChI is InChI=1S/C26H36FN5O2S/c1-17(29-18(2)33)14-19(12-13-28)6-10-22-16-30(3)26(35-22)32(5)25(34)31(4)24-15-21(20-7-8-20)9-11-23(24)27/h9,11-17,20,26H,6-8,10,28H2,1-5H3,(H,29,33)/b13-12-,19-14-. The average Bonchev–Trinajstić information content (AvgIpc) is 3.58. The summed E-state index contributed by atoms with van der Waals surface area (Å²) in [5.74, 6) is -0.000947. The van der Waals surface area contributed by atoms with Gasteiger partial charge in [-0.25, -0.2) is 9.18 Å². The second-order valence-corrected chi connectivity index (χ2v) is 10.4. The molecule has 0 bridgehead atoms. The first-order valence-electron chi connectivity index (χ1n) is 11.9. The van der Waals surface area contributed by atoms with E-state index in [0.29, 0.717) is 11.6 Å². The summed E-state index contributed by atoms with van der Waals surface area (Å²) in [4.78, 5) is 30.7. The lowest BCUT2D eigenvalue weighted by Crippen LogP contribution is -2.47. The number of thioether (sulfide) groups is 1. The van der Waals surface area contributed by atoms with E-state index in [-0.39, 0.29) is 23.5 Å². The fourth-order valence-electron chi connectivity index (χ4n) is 4.20. The number of carbonyl (C=O) groups excluding carboxylic acids is 2. The highest BCUT2D eigenvalue weighted by atomic mass is 32.2. The largest absolute Gasteiger partial charge is 0.405 e. The molecule has 1 aliphatic heterocycles. The predicted molar refractivity (Wildman–Crippen MR) is 141 cm³/mol. The van der Waals surface area contributed by atoms with E-state index >= 15 is 0 Å². The summed E-state index contributed by atoms with van der Waals surface area (Å²) in [6.07, 6.45) is 11.1. The first-order chi connectivity index (χ1) is 16.6. The number of hydrogen-bond donors (Lipinski definition) is 2. The molecular formula is C26H36FN5O2S. The minimum Gasteiger partial charge on any atom is -0.405 e. The molecule has 2 atom stereocenters. The molecule has 0 radical (unpaired) electrons. The number of hydrogen-bond acceptors (Lipinski definition) is 5. The van der Waals surface area contributed by atoms with E-state index in [1.807, 2.05) is 43.3 Å². The first kappa shape index (κ1) is 26.7. The number of rotatable bonds is 9. The summed E-state index contributed by atoms with van der Waals surface area (Å²) in [7, 11) is 5.29. The Labute approximate surface area is 211 Å². The molecule has 2 unspecified atom stereocenters. The molecule has 3 N–H and O–H groups in total. The lowest BCUT2D eigenvalue weighted by Gasteiger charge is -2.33. The molecule has 1 aromatic carbocycles. The molecule has 0 aromatic heterocycles. The molecule has 190 valence electrons. The van der Waals surface area contributed by atoms with Crippen molar-refractivity contribution < 1.29 is 14.0 Å². The third-order valence-corrected chi connectivity index (χ3v) is 7.59. The fourth-order valence-corrected chi connectivity index (χ4v) is 5.40. The number of carbonyl (C=O) groups is 2. The van der Waals surface area contributed by atoms with Gasteiger partial charge in [0.05, 0.1) is 5.69 Å². The van der Waals surface area contributed by atoms with E-state index in [1.54, 1.807) is 36.8 Å². The molecular weight excluding hydrogens is 465 g/mol. The van der Waals surface area contributed by atoms with Gasteiger partial charge in [0.2, 0.25) is 5.91 Å². The summed E-state index contributed by atoms with van der Waals surface area (Å²) < 4.78 is 14.6. The number of nitrogens with two attached hydrogens (primary N) is 1. The Balaban J connectivity index is 1.62. The molecule has 3 rings (SSSR count). The SMILES string of the molecule is CC(=O)NC(C)/C=C(\C=C/N)CCC1=CN(C)C(N(C)C(=O)N(C)c2cc(C3CC3)ccc2F)S1. The van der Waals surface area contributed by atoms with Gasteiger partial charge in [0.25, 0.3) is 0 Å². The highest BCUT2D eigenvalue weighted by Crippen LogP contribution is 2.42. The van der Waals surface area contributed by atoms with Gasteiger partial charge in [-0.3, -0.25) is 14.6 Å². The number of benzene rings is 1. The number of nitrogens with one attached hydrogen (secondary N) is 1. The van der Waals surface area contributed by atoms with Crippen molar-refractivity contribution in [1.29, 1.82) is 0 Å². The normalized spacial score (nSPS) is 19.0. The van der Waals surface area contributed by atoms with Crippen LogP contribution < -0.4 is 16.0 Å². The van der Waals surface area contributed by atoms with Crippen LogP contribution in [0.15, 0.2) is 53.2 Å². The van der Waals surface area contributed by atoms with E-state index in [9.17, 15) is 14.0 Å². The Morgan fingerprint density at radius 2 is 2.06 bits per heavy atom. The van der Waals surface area contributed by atoms with E-state index in [1.165, 1.54) is 24.1 Å². The number of halogens is 1. The van der Waals surface area contributed by atoms with Crippen LogP contribution in [0, 0.1) is 5.82 Å². The van der Waals surface area contributed by atoms with Crippen LogP contribution in [-0.2, 0) is 4.79 Å². The predicted octanol–water partition coefficient (Wildman–Crippen LogP) is 4.70. The van der Waals surface area contributed by atoms with Gasteiger partial charge in [-0.15, -0.1) is 0 Å². The van der Waals surface area contributed by atoms with Crippen molar-refractivity contribution in [3.05, 3.63) is 64.6 Å². The number of urea groups is 1. The van der Waals surface area contributed by atoms with Gasteiger partial charge in [-0.2, -0.15) is 0 Å². The number of amides is 3. The van der Waals surface area contributed by atoms with E-state index in [4.69, 9.17) is 5.73 Å². The summed E-state index contributed by atoms with van der Waals surface area (Å²) in [6, 6.07) is 4.70. The Hall–Kier alpha value is -2.94. The van der Waals surface area contributed by atoms with Crippen LogP contribution in [-0.4, -0.2) is 54.4 Å². The van der Waals surface area contributed by atoms with E-state index in [0.717, 1.165) is 41.7 Å². The van der Waals surface area contributed by atoms with E-state index < -0.39 is 5.82 Å². The Morgan fingerprint density at radius 3 is 2.69 bits per heavy atom. The smallest absolute Gasteiger partial charge is 0.326 e. The minimum absolute atomic E-state index is 0.0832. The second kappa shape index (κ2) is 11.7. The number of nitrogens with zero attached hydrogens (tertiary/aromatic N) is 3.